The van der Waals surface area contributed by atoms with E-state index in [2.05, 4.69) is 31.7 Å². The lowest BCUT2D eigenvalue weighted by atomic mass is 9.91. The van der Waals surface area contributed by atoms with E-state index in [4.69, 9.17) is 12.6 Å². The molecule has 0 aliphatic carbocycles. The predicted molar refractivity (Wildman–Crippen MR) is 176 cm³/mol. The standard InChI is InChI=1S/C33H40F3N7O2.O3S/c1-37-30(44)9-3-5-23-13-19-42(20-14-23)28-22-29(41-32(40-28)33(34,35)36)43-18-4-8-27(43)31(45)39-17-10-24-6-2-7-26(21-24)25-11-15-38-16-12-25;1-4(2)3/h2,6-7,11-12,15-16,21-23,27H,3-5,8-10,13-14,17-20H2,1H3,(H,37,44)(H,39,45);/t27-;/m0./s1. The van der Waals surface area contributed by atoms with Crippen LogP contribution in [0, 0.1) is 5.92 Å². The number of rotatable bonds is 11. The van der Waals surface area contributed by atoms with Gasteiger partial charge in [0.1, 0.15) is 17.7 Å². The zero-order valence-electron chi connectivity index (χ0n) is 27.2. The number of pyridine rings is 1. The molecule has 264 valence electrons. The average molecular weight is 704 g/mol. The monoisotopic (exact) mass is 703 g/mol. The Hall–Kier alpha value is -4.60. The molecule has 49 heavy (non-hydrogen) atoms. The maximum atomic E-state index is 13.9. The molecule has 0 radical (unpaired) electrons. The predicted octanol–water partition coefficient (Wildman–Crippen LogP) is 4.01. The number of carbonyl (C=O) groups excluding carboxylic acids is 2. The Morgan fingerprint density at radius 1 is 0.939 bits per heavy atom. The molecular weight excluding hydrogens is 663 g/mol. The zero-order chi connectivity index (χ0) is 35.4. The maximum Gasteiger partial charge on any atom is 0.451 e. The number of anilines is 2. The average Bonchev–Trinajstić information content (AvgIpc) is 3.59. The second-order valence-electron chi connectivity index (χ2n) is 11.9. The van der Waals surface area contributed by atoms with E-state index >= 15 is 0 Å². The number of halogens is 3. The smallest absolute Gasteiger partial charge is 0.359 e. The minimum Gasteiger partial charge on any atom is -0.359 e. The fourth-order valence-electron chi connectivity index (χ4n) is 6.20. The summed E-state index contributed by atoms with van der Waals surface area (Å²) in [6, 6.07) is 13.0. The van der Waals surface area contributed by atoms with Gasteiger partial charge in [-0.1, -0.05) is 24.3 Å². The number of nitrogens with one attached hydrogen (secondary N) is 2. The fraction of sp³-hybridized carbons (Fsp3) is 0.485. The third-order valence-electron chi connectivity index (χ3n) is 8.69. The van der Waals surface area contributed by atoms with Crippen LogP contribution in [-0.4, -0.2) is 78.7 Å². The lowest BCUT2D eigenvalue weighted by molar-refractivity contribution is -0.144. The van der Waals surface area contributed by atoms with Crippen molar-refractivity contribution in [3.63, 3.8) is 0 Å². The second-order valence-corrected chi connectivity index (χ2v) is 12.3. The molecule has 2 aliphatic heterocycles. The van der Waals surface area contributed by atoms with Crippen molar-refractivity contribution in [2.45, 2.75) is 63.6 Å². The molecule has 0 unspecified atom stereocenters. The molecule has 1 atom stereocenters. The molecule has 2 aromatic heterocycles. The van der Waals surface area contributed by atoms with Crippen molar-refractivity contribution in [2.75, 3.05) is 43.0 Å². The Morgan fingerprint density at radius 2 is 1.63 bits per heavy atom. The number of nitrogens with zero attached hydrogens (tertiary/aromatic N) is 5. The summed E-state index contributed by atoms with van der Waals surface area (Å²) < 4.78 is 67.2. The molecule has 5 rings (SSSR count). The Bertz CT molecular complexity index is 1670. The third-order valence-corrected chi connectivity index (χ3v) is 8.69. The fourth-order valence-corrected chi connectivity index (χ4v) is 6.20. The van der Waals surface area contributed by atoms with Crippen molar-refractivity contribution in [3.05, 3.63) is 66.2 Å². The van der Waals surface area contributed by atoms with Crippen LogP contribution in [0.2, 0.25) is 0 Å². The minimum absolute atomic E-state index is 0.0151. The summed E-state index contributed by atoms with van der Waals surface area (Å²) in [4.78, 5) is 40.3. The minimum atomic E-state index is -4.72. The van der Waals surface area contributed by atoms with E-state index < -0.39 is 28.7 Å². The molecule has 0 saturated carbocycles. The van der Waals surface area contributed by atoms with E-state index in [1.54, 1.807) is 30.4 Å². The quantitative estimate of drug-likeness (QED) is 0.299. The van der Waals surface area contributed by atoms with Gasteiger partial charge in [-0.05, 0) is 79.7 Å². The number of alkyl halides is 3. The van der Waals surface area contributed by atoms with Crippen molar-refractivity contribution in [2.24, 2.45) is 5.92 Å². The first-order valence-corrected chi connectivity index (χ1v) is 17.2. The number of piperidine rings is 1. The Morgan fingerprint density at radius 3 is 2.31 bits per heavy atom. The molecule has 2 aliphatic rings. The first-order valence-electron chi connectivity index (χ1n) is 16.2. The molecule has 2 N–H and O–H groups in total. The van der Waals surface area contributed by atoms with Crippen LogP contribution < -0.4 is 20.4 Å². The number of benzene rings is 1. The van der Waals surface area contributed by atoms with Crippen molar-refractivity contribution in [3.8, 4) is 11.1 Å². The topological polar surface area (TPSA) is 155 Å². The van der Waals surface area contributed by atoms with Crippen LogP contribution in [0.15, 0.2) is 54.9 Å². The van der Waals surface area contributed by atoms with E-state index in [1.807, 2.05) is 35.2 Å². The lowest BCUT2D eigenvalue weighted by Gasteiger charge is -2.34. The van der Waals surface area contributed by atoms with Crippen molar-refractivity contribution >= 4 is 34.1 Å². The molecule has 1 aromatic carbocycles. The number of amides is 2. The highest BCUT2D eigenvalue weighted by Gasteiger charge is 2.39. The Kier molecular flexibility index (Phi) is 13.4. The molecule has 0 spiro atoms. The van der Waals surface area contributed by atoms with Gasteiger partial charge in [0.05, 0.1) is 0 Å². The first-order chi connectivity index (χ1) is 23.4. The van der Waals surface area contributed by atoms with Gasteiger partial charge in [0.15, 0.2) is 0 Å². The highest BCUT2D eigenvalue weighted by molar-refractivity contribution is 7.59. The van der Waals surface area contributed by atoms with Gasteiger partial charge in [0.2, 0.25) is 17.6 Å². The van der Waals surface area contributed by atoms with Gasteiger partial charge in [-0.15, -0.1) is 12.6 Å². The molecule has 16 heteroatoms. The van der Waals surface area contributed by atoms with Crippen LogP contribution in [0.4, 0.5) is 24.8 Å². The van der Waals surface area contributed by atoms with Crippen molar-refractivity contribution in [1.29, 1.82) is 0 Å². The van der Waals surface area contributed by atoms with E-state index in [0.29, 0.717) is 57.8 Å². The summed E-state index contributed by atoms with van der Waals surface area (Å²) in [5.74, 6) is -0.619. The van der Waals surface area contributed by atoms with Gasteiger partial charge in [-0.2, -0.15) is 13.2 Å². The second kappa shape index (κ2) is 17.7. The molecule has 3 aromatic rings. The first kappa shape index (κ1) is 37.2. The number of aromatic nitrogens is 3. The zero-order valence-corrected chi connectivity index (χ0v) is 28.0. The molecule has 12 nitrogen and oxygen atoms in total. The molecule has 2 amide bonds. The van der Waals surface area contributed by atoms with E-state index in [1.165, 1.54) is 0 Å². The molecule has 4 heterocycles. The Labute approximate surface area is 284 Å². The van der Waals surface area contributed by atoms with E-state index in [0.717, 1.165) is 42.4 Å². The summed E-state index contributed by atoms with van der Waals surface area (Å²) in [5.41, 5.74) is 3.19. The highest BCUT2D eigenvalue weighted by Crippen LogP contribution is 2.34. The van der Waals surface area contributed by atoms with Crippen molar-refractivity contribution in [1.82, 2.24) is 25.6 Å². The third kappa shape index (κ3) is 11.2. The molecular formula is C33H40F3N7O5S. The van der Waals surface area contributed by atoms with Crippen LogP contribution in [0.5, 0.6) is 0 Å². The summed E-state index contributed by atoms with van der Waals surface area (Å²) in [6.07, 6.45) is 4.40. The van der Waals surface area contributed by atoms with Gasteiger partial charge in [0.25, 0.3) is 0 Å². The molecule has 2 saturated heterocycles. The summed E-state index contributed by atoms with van der Waals surface area (Å²) in [6.45, 7) is 1.99. The number of hydrogen-bond acceptors (Lipinski definition) is 10. The van der Waals surface area contributed by atoms with Gasteiger partial charge in [0, 0.05) is 58.1 Å². The molecule has 2 fully saturated rings. The summed E-state index contributed by atoms with van der Waals surface area (Å²) in [5, 5.41) is 5.62. The highest BCUT2D eigenvalue weighted by atomic mass is 32.2. The lowest BCUT2D eigenvalue weighted by Crippen LogP contribution is -2.44. The Balaban J connectivity index is 0.00000128. The van der Waals surface area contributed by atoms with Gasteiger partial charge >= 0.3 is 16.8 Å². The summed E-state index contributed by atoms with van der Waals surface area (Å²) in [7, 11) is -1.49. The largest absolute Gasteiger partial charge is 0.451 e. The van der Waals surface area contributed by atoms with Gasteiger partial charge < -0.3 is 20.4 Å². The number of hydrogen-bond donors (Lipinski definition) is 2. The van der Waals surface area contributed by atoms with Crippen LogP contribution >= 0.6 is 0 Å². The molecule has 0 bridgehead atoms. The van der Waals surface area contributed by atoms with Gasteiger partial charge in [-0.3, -0.25) is 14.6 Å². The SMILES string of the molecule is CNC(=O)CCCC1CCN(c2cc(N3CCC[C@H]3C(=O)NCCc3cccc(-c4ccncc4)c3)nc(C(F)(F)F)n2)CC1.O=S(=O)=O. The van der Waals surface area contributed by atoms with E-state index in [-0.39, 0.29) is 23.5 Å². The van der Waals surface area contributed by atoms with Crippen LogP contribution in [0.3, 0.4) is 0 Å². The van der Waals surface area contributed by atoms with Crippen LogP contribution in [0.1, 0.15) is 56.3 Å². The normalized spacial score (nSPS) is 16.4. The van der Waals surface area contributed by atoms with Crippen molar-refractivity contribution < 1.29 is 35.4 Å². The number of carbonyl (C=O) groups is 2. The van der Waals surface area contributed by atoms with Gasteiger partial charge in [-0.25, -0.2) is 9.97 Å². The van der Waals surface area contributed by atoms with Crippen LogP contribution in [0.25, 0.3) is 11.1 Å². The maximum absolute atomic E-state index is 13.9. The van der Waals surface area contributed by atoms with Crippen LogP contribution in [-0.2, 0) is 32.8 Å². The summed E-state index contributed by atoms with van der Waals surface area (Å²) >= 11 is 0. The van der Waals surface area contributed by atoms with E-state index in [9.17, 15) is 22.8 Å².